The summed E-state index contributed by atoms with van der Waals surface area (Å²) in [6.07, 6.45) is 0.154. The van der Waals surface area contributed by atoms with Crippen LogP contribution in [0, 0.1) is 17.0 Å². The average molecular weight is 309 g/mol. The van der Waals surface area contributed by atoms with E-state index in [1.165, 1.54) is 6.07 Å². The van der Waals surface area contributed by atoms with Gasteiger partial charge in [0.2, 0.25) is 5.91 Å². The van der Waals surface area contributed by atoms with E-state index in [0.29, 0.717) is 24.2 Å². The second-order valence-electron chi connectivity index (χ2n) is 5.49. The van der Waals surface area contributed by atoms with Gasteiger partial charge in [0.25, 0.3) is 5.69 Å². The van der Waals surface area contributed by atoms with Crippen molar-refractivity contribution >= 4 is 17.3 Å². The maximum atomic E-state index is 12.2. The van der Waals surface area contributed by atoms with Crippen LogP contribution in [0.2, 0.25) is 0 Å². The molecule has 0 radical (unpaired) electrons. The number of rotatable bonds is 7. The third-order valence-corrected chi connectivity index (χ3v) is 3.70. The molecular weight excluding hydrogens is 286 g/mol. The van der Waals surface area contributed by atoms with Crippen LogP contribution >= 0.6 is 0 Å². The molecular formula is C15H23N3O4. The normalized spacial score (nSPS) is 13.7. The van der Waals surface area contributed by atoms with Crippen LogP contribution in [0.4, 0.5) is 11.4 Å². The zero-order valence-corrected chi connectivity index (χ0v) is 13.4. The lowest BCUT2D eigenvalue weighted by molar-refractivity contribution is -0.385. The van der Waals surface area contributed by atoms with Crippen molar-refractivity contribution in [3.8, 4) is 0 Å². The van der Waals surface area contributed by atoms with E-state index in [2.05, 4.69) is 5.32 Å². The Morgan fingerprint density at radius 2 is 2.09 bits per heavy atom. The molecule has 0 aliphatic rings. The fourth-order valence-electron chi connectivity index (χ4n) is 1.98. The minimum absolute atomic E-state index is 0.0205. The standard InChI is InChI=1S/C15H23N3O4/c1-10(19)8-9-17(4)12(3)15(20)16-13-6-5-7-14(11(13)2)18(21)22/h5-7,10,12,19H,8-9H2,1-4H3,(H,16,20). The lowest BCUT2D eigenvalue weighted by Crippen LogP contribution is -2.40. The highest BCUT2D eigenvalue weighted by atomic mass is 16.6. The predicted octanol–water partition coefficient (Wildman–Crippen LogP) is 1.93. The molecule has 0 spiro atoms. The summed E-state index contributed by atoms with van der Waals surface area (Å²) in [6.45, 7) is 5.64. The highest BCUT2D eigenvalue weighted by molar-refractivity contribution is 5.95. The number of nitro benzene ring substituents is 1. The molecule has 7 nitrogen and oxygen atoms in total. The zero-order valence-electron chi connectivity index (χ0n) is 13.4. The van der Waals surface area contributed by atoms with Crippen molar-refractivity contribution in [2.24, 2.45) is 0 Å². The fourth-order valence-corrected chi connectivity index (χ4v) is 1.98. The number of carbonyl (C=O) groups is 1. The summed E-state index contributed by atoms with van der Waals surface area (Å²) in [5.41, 5.74) is 0.850. The smallest absolute Gasteiger partial charge is 0.274 e. The topological polar surface area (TPSA) is 95.7 Å². The van der Waals surface area contributed by atoms with Crippen molar-refractivity contribution in [2.75, 3.05) is 18.9 Å². The lowest BCUT2D eigenvalue weighted by atomic mass is 10.1. The van der Waals surface area contributed by atoms with E-state index in [-0.39, 0.29) is 11.6 Å². The molecule has 122 valence electrons. The van der Waals surface area contributed by atoms with Crippen molar-refractivity contribution in [3.63, 3.8) is 0 Å². The van der Waals surface area contributed by atoms with Crippen LogP contribution in [0.25, 0.3) is 0 Å². The van der Waals surface area contributed by atoms with Gasteiger partial charge >= 0.3 is 0 Å². The summed E-state index contributed by atoms with van der Waals surface area (Å²) in [6, 6.07) is 4.19. The third-order valence-electron chi connectivity index (χ3n) is 3.70. The number of benzene rings is 1. The van der Waals surface area contributed by atoms with Crippen molar-refractivity contribution in [2.45, 2.75) is 39.3 Å². The van der Waals surface area contributed by atoms with Gasteiger partial charge in [-0.1, -0.05) is 6.07 Å². The Hall–Kier alpha value is -1.99. The van der Waals surface area contributed by atoms with E-state index in [9.17, 15) is 20.0 Å². The number of hydrogen-bond acceptors (Lipinski definition) is 5. The monoisotopic (exact) mass is 309 g/mol. The maximum absolute atomic E-state index is 12.2. The molecule has 0 saturated carbocycles. The number of nitrogens with zero attached hydrogens (tertiary/aromatic N) is 2. The van der Waals surface area contributed by atoms with E-state index in [1.807, 2.05) is 4.90 Å². The van der Waals surface area contributed by atoms with Crippen molar-refractivity contribution < 1.29 is 14.8 Å². The van der Waals surface area contributed by atoms with Gasteiger partial charge in [0.1, 0.15) is 0 Å². The summed E-state index contributed by atoms with van der Waals surface area (Å²) in [5, 5.41) is 22.9. The first-order chi connectivity index (χ1) is 10.2. The molecule has 0 saturated heterocycles. The Morgan fingerprint density at radius 3 is 2.64 bits per heavy atom. The second kappa shape index (κ2) is 7.86. The minimum atomic E-state index is -0.469. The molecule has 2 unspecified atom stereocenters. The van der Waals surface area contributed by atoms with Crippen LogP contribution in [-0.4, -0.2) is 46.6 Å². The number of nitrogens with one attached hydrogen (secondary N) is 1. The molecule has 1 rings (SSSR count). The van der Waals surface area contributed by atoms with E-state index < -0.39 is 17.1 Å². The molecule has 1 aromatic carbocycles. The van der Waals surface area contributed by atoms with Crippen LogP contribution in [0.15, 0.2) is 18.2 Å². The minimum Gasteiger partial charge on any atom is -0.393 e. The summed E-state index contributed by atoms with van der Waals surface area (Å²) in [5.74, 6) is -0.239. The number of carbonyl (C=O) groups excluding carboxylic acids is 1. The van der Waals surface area contributed by atoms with Crippen LogP contribution in [0.5, 0.6) is 0 Å². The van der Waals surface area contributed by atoms with Crippen LogP contribution < -0.4 is 5.32 Å². The summed E-state index contributed by atoms with van der Waals surface area (Å²) in [4.78, 5) is 24.5. The number of hydrogen-bond donors (Lipinski definition) is 2. The number of likely N-dealkylation sites (N-methyl/N-ethyl adjacent to an activating group) is 1. The molecule has 2 atom stereocenters. The average Bonchev–Trinajstić information content (AvgIpc) is 2.45. The van der Waals surface area contributed by atoms with Gasteiger partial charge < -0.3 is 10.4 Å². The van der Waals surface area contributed by atoms with Gasteiger partial charge in [-0.2, -0.15) is 0 Å². The molecule has 0 fully saturated rings. The zero-order chi connectivity index (χ0) is 16.9. The van der Waals surface area contributed by atoms with E-state index in [0.717, 1.165) is 0 Å². The molecule has 0 aliphatic heterocycles. The molecule has 22 heavy (non-hydrogen) atoms. The van der Waals surface area contributed by atoms with E-state index >= 15 is 0 Å². The van der Waals surface area contributed by atoms with Gasteiger partial charge in [-0.25, -0.2) is 0 Å². The number of anilines is 1. The highest BCUT2D eigenvalue weighted by Gasteiger charge is 2.20. The molecule has 7 heteroatoms. The number of amides is 1. The molecule has 0 bridgehead atoms. The van der Waals surface area contributed by atoms with Gasteiger partial charge in [-0.15, -0.1) is 0 Å². The summed E-state index contributed by atoms with van der Waals surface area (Å²) in [7, 11) is 1.80. The Bertz CT molecular complexity index is 546. The van der Waals surface area contributed by atoms with Crippen LogP contribution in [-0.2, 0) is 4.79 Å². The number of nitro groups is 1. The fraction of sp³-hybridized carbons (Fsp3) is 0.533. The van der Waals surface area contributed by atoms with Gasteiger partial charge in [-0.05, 0) is 40.3 Å². The summed E-state index contributed by atoms with van der Waals surface area (Å²) >= 11 is 0. The van der Waals surface area contributed by atoms with Gasteiger partial charge in [-0.3, -0.25) is 19.8 Å². The second-order valence-corrected chi connectivity index (χ2v) is 5.49. The summed E-state index contributed by atoms with van der Waals surface area (Å²) < 4.78 is 0. The van der Waals surface area contributed by atoms with Crippen LogP contribution in [0.3, 0.4) is 0 Å². The molecule has 0 aliphatic carbocycles. The Morgan fingerprint density at radius 1 is 1.45 bits per heavy atom. The Kier molecular flexibility index (Phi) is 6.45. The van der Waals surface area contributed by atoms with E-state index in [1.54, 1.807) is 40.0 Å². The van der Waals surface area contributed by atoms with Crippen LogP contribution in [0.1, 0.15) is 25.8 Å². The largest absolute Gasteiger partial charge is 0.393 e. The number of aliphatic hydroxyl groups is 1. The maximum Gasteiger partial charge on any atom is 0.274 e. The lowest BCUT2D eigenvalue weighted by Gasteiger charge is -2.24. The number of aliphatic hydroxyl groups excluding tert-OH is 1. The molecule has 1 aromatic rings. The highest BCUT2D eigenvalue weighted by Crippen LogP contribution is 2.25. The van der Waals surface area contributed by atoms with Gasteiger partial charge in [0.05, 0.1) is 28.3 Å². The van der Waals surface area contributed by atoms with E-state index in [4.69, 9.17) is 0 Å². The van der Waals surface area contributed by atoms with Gasteiger partial charge in [0, 0.05) is 12.6 Å². The van der Waals surface area contributed by atoms with Crippen molar-refractivity contribution in [3.05, 3.63) is 33.9 Å². The first-order valence-electron chi connectivity index (χ1n) is 7.17. The predicted molar refractivity (Wildman–Crippen MR) is 84.9 cm³/mol. The Balaban J connectivity index is 2.76. The third kappa shape index (κ3) is 4.78. The molecule has 1 amide bonds. The molecule has 0 heterocycles. The first-order valence-corrected chi connectivity index (χ1v) is 7.17. The first kappa shape index (κ1) is 18.1. The van der Waals surface area contributed by atoms with Crippen molar-refractivity contribution in [1.82, 2.24) is 4.90 Å². The quantitative estimate of drug-likeness (QED) is 0.592. The SMILES string of the molecule is Cc1c(NC(=O)C(C)N(C)CCC(C)O)cccc1[N+](=O)[O-]. The Labute approximate surface area is 130 Å². The molecule has 2 N–H and O–H groups in total. The van der Waals surface area contributed by atoms with Crippen molar-refractivity contribution in [1.29, 1.82) is 0 Å². The van der Waals surface area contributed by atoms with Gasteiger partial charge in [0.15, 0.2) is 0 Å². The molecule has 0 aromatic heterocycles.